The molecule has 2 unspecified atom stereocenters. The third-order valence-corrected chi connectivity index (χ3v) is 5.47. The second-order valence-electron chi connectivity index (χ2n) is 7.34. The van der Waals surface area contributed by atoms with E-state index >= 15 is 0 Å². The summed E-state index contributed by atoms with van der Waals surface area (Å²) in [6, 6.07) is 8.23. The van der Waals surface area contributed by atoms with Gasteiger partial charge in [-0.1, -0.05) is 6.07 Å². The fourth-order valence-electron chi connectivity index (χ4n) is 4.31. The first-order valence-electron chi connectivity index (χ1n) is 8.93. The van der Waals surface area contributed by atoms with Crippen molar-refractivity contribution < 1.29 is 0 Å². The van der Waals surface area contributed by atoms with Crippen molar-refractivity contribution in [3.8, 4) is 0 Å². The maximum atomic E-state index is 4.74. The van der Waals surface area contributed by atoms with Crippen LogP contribution < -0.4 is 4.90 Å². The first kappa shape index (κ1) is 14.8. The first-order chi connectivity index (χ1) is 12.2. The van der Waals surface area contributed by atoms with Crippen molar-refractivity contribution in [2.24, 2.45) is 11.8 Å². The summed E-state index contributed by atoms with van der Waals surface area (Å²) in [5.74, 6) is 2.54. The molecule has 0 N–H and O–H groups in total. The van der Waals surface area contributed by atoms with Crippen LogP contribution in [-0.4, -0.2) is 50.4 Å². The number of nitrogens with zero attached hydrogens (tertiary/aromatic N) is 6. The van der Waals surface area contributed by atoms with Crippen molar-refractivity contribution in [1.29, 1.82) is 0 Å². The number of hydrogen-bond acceptors (Lipinski definition) is 5. The van der Waals surface area contributed by atoms with Crippen LogP contribution in [0.3, 0.4) is 0 Å². The van der Waals surface area contributed by atoms with Gasteiger partial charge in [0.15, 0.2) is 0 Å². The van der Waals surface area contributed by atoms with Crippen molar-refractivity contribution in [2.75, 3.05) is 31.1 Å². The third kappa shape index (κ3) is 2.76. The van der Waals surface area contributed by atoms with Gasteiger partial charge in [0.2, 0.25) is 0 Å². The van der Waals surface area contributed by atoms with Crippen LogP contribution in [0.2, 0.25) is 0 Å². The predicted octanol–water partition coefficient (Wildman–Crippen LogP) is 2.00. The van der Waals surface area contributed by atoms with Crippen LogP contribution in [0.25, 0.3) is 5.65 Å². The normalized spacial score (nSPS) is 23.5. The molecule has 6 nitrogen and oxygen atoms in total. The largest absolute Gasteiger partial charge is 0.356 e. The minimum absolute atomic E-state index is 0.729. The Kier molecular flexibility index (Phi) is 3.45. The van der Waals surface area contributed by atoms with Gasteiger partial charge in [0.05, 0.1) is 5.69 Å². The van der Waals surface area contributed by atoms with E-state index in [4.69, 9.17) is 4.98 Å². The summed E-state index contributed by atoms with van der Waals surface area (Å²) in [5, 5.41) is 0. The molecule has 3 aromatic rings. The molecule has 0 bridgehead atoms. The fraction of sp³-hybridized carbons (Fsp3) is 0.421. The van der Waals surface area contributed by atoms with Gasteiger partial charge in [-0.2, -0.15) is 0 Å². The van der Waals surface area contributed by atoms with E-state index in [1.54, 1.807) is 6.33 Å². The molecule has 0 radical (unpaired) electrons. The topological polar surface area (TPSA) is 49.6 Å². The highest BCUT2D eigenvalue weighted by molar-refractivity contribution is 5.41. The lowest BCUT2D eigenvalue weighted by Gasteiger charge is -2.21. The Labute approximate surface area is 147 Å². The number of pyridine rings is 1. The molecule has 2 aliphatic heterocycles. The van der Waals surface area contributed by atoms with Crippen LogP contribution in [0, 0.1) is 18.8 Å². The monoisotopic (exact) mass is 334 g/mol. The minimum atomic E-state index is 0.729. The Morgan fingerprint density at radius 2 is 1.92 bits per heavy atom. The SMILES string of the molecule is Cc1cc(N2CC3CN(Cc4cn5ccccc5n4)CC3C2)ncn1. The molecule has 0 amide bonds. The zero-order valence-electron chi connectivity index (χ0n) is 14.4. The summed E-state index contributed by atoms with van der Waals surface area (Å²) in [4.78, 5) is 18.4. The molecule has 2 fully saturated rings. The molecule has 2 saturated heterocycles. The van der Waals surface area contributed by atoms with Gasteiger partial charge in [-0.3, -0.25) is 4.90 Å². The second-order valence-corrected chi connectivity index (χ2v) is 7.34. The van der Waals surface area contributed by atoms with Crippen molar-refractivity contribution >= 4 is 11.5 Å². The van der Waals surface area contributed by atoms with E-state index in [1.165, 1.54) is 0 Å². The van der Waals surface area contributed by atoms with Crippen molar-refractivity contribution in [2.45, 2.75) is 13.5 Å². The van der Waals surface area contributed by atoms with Crippen molar-refractivity contribution in [1.82, 2.24) is 24.3 Å². The first-order valence-corrected chi connectivity index (χ1v) is 8.93. The van der Waals surface area contributed by atoms with E-state index in [0.29, 0.717) is 0 Å². The molecular weight excluding hydrogens is 312 g/mol. The van der Waals surface area contributed by atoms with Crippen molar-refractivity contribution in [3.63, 3.8) is 0 Å². The average molecular weight is 334 g/mol. The Bertz CT molecular complexity index is 857. The summed E-state index contributed by atoms with van der Waals surface area (Å²) in [7, 11) is 0. The van der Waals surface area contributed by atoms with Crippen LogP contribution in [0.5, 0.6) is 0 Å². The molecule has 5 heterocycles. The Hall–Kier alpha value is -2.47. The number of aryl methyl sites for hydroxylation is 1. The molecule has 5 rings (SSSR count). The predicted molar refractivity (Wildman–Crippen MR) is 96.4 cm³/mol. The Morgan fingerprint density at radius 1 is 1.08 bits per heavy atom. The summed E-state index contributed by atoms with van der Waals surface area (Å²) in [6.07, 6.45) is 5.89. The lowest BCUT2D eigenvalue weighted by molar-refractivity contribution is 0.305. The van der Waals surface area contributed by atoms with Gasteiger partial charge < -0.3 is 9.30 Å². The van der Waals surface area contributed by atoms with E-state index in [0.717, 1.165) is 67.4 Å². The van der Waals surface area contributed by atoms with Gasteiger partial charge >= 0.3 is 0 Å². The van der Waals surface area contributed by atoms with Crippen molar-refractivity contribution in [3.05, 3.63) is 54.4 Å². The Morgan fingerprint density at radius 3 is 2.68 bits per heavy atom. The fourth-order valence-corrected chi connectivity index (χ4v) is 4.31. The van der Waals surface area contributed by atoms with Gasteiger partial charge in [-0.25, -0.2) is 15.0 Å². The quantitative estimate of drug-likeness (QED) is 0.733. The van der Waals surface area contributed by atoms with Crippen LogP contribution >= 0.6 is 0 Å². The standard InChI is InChI=1S/C19H22N6/c1-14-6-19(21-13-20-14)25-9-15-7-23(8-16(15)10-25)11-17-12-24-5-3-2-4-18(24)22-17/h2-6,12-13,15-16H,7-11H2,1H3. The maximum absolute atomic E-state index is 4.74. The average Bonchev–Trinajstić information content (AvgIpc) is 3.27. The van der Waals surface area contributed by atoms with Crippen LogP contribution in [-0.2, 0) is 6.54 Å². The van der Waals surface area contributed by atoms with E-state index in [-0.39, 0.29) is 0 Å². The summed E-state index contributed by atoms with van der Waals surface area (Å²) >= 11 is 0. The number of hydrogen-bond donors (Lipinski definition) is 0. The lowest BCUT2D eigenvalue weighted by Crippen LogP contribution is -2.29. The molecule has 0 aromatic carbocycles. The lowest BCUT2D eigenvalue weighted by atomic mass is 10.0. The molecule has 25 heavy (non-hydrogen) atoms. The maximum Gasteiger partial charge on any atom is 0.137 e. The zero-order valence-corrected chi connectivity index (χ0v) is 14.4. The van der Waals surface area contributed by atoms with Crippen LogP contribution in [0.15, 0.2) is 43.0 Å². The molecule has 2 aliphatic rings. The number of anilines is 1. The van der Waals surface area contributed by atoms with E-state index in [1.807, 2.05) is 19.1 Å². The number of imidazole rings is 1. The summed E-state index contributed by atoms with van der Waals surface area (Å²) < 4.78 is 2.10. The molecule has 128 valence electrons. The van der Waals surface area contributed by atoms with Gasteiger partial charge in [-0.05, 0) is 30.9 Å². The third-order valence-electron chi connectivity index (χ3n) is 5.47. The molecular formula is C19H22N6. The number of aromatic nitrogens is 4. The van der Waals surface area contributed by atoms with E-state index in [2.05, 4.69) is 48.7 Å². The molecule has 6 heteroatoms. The number of likely N-dealkylation sites (tertiary alicyclic amines) is 1. The number of fused-ring (bicyclic) bond motifs is 2. The molecule has 0 saturated carbocycles. The molecule has 0 aliphatic carbocycles. The molecule has 0 spiro atoms. The Balaban J connectivity index is 1.25. The highest BCUT2D eigenvalue weighted by Gasteiger charge is 2.40. The highest BCUT2D eigenvalue weighted by Crippen LogP contribution is 2.33. The van der Waals surface area contributed by atoms with E-state index in [9.17, 15) is 0 Å². The van der Waals surface area contributed by atoms with Gasteiger partial charge in [0.25, 0.3) is 0 Å². The van der Waals surface area contributed by atoms with Gasteiger partial charge in [0, 0.05) is 56.9 Å². The van der Waals surface area contributed by atoms with Gasteiger partial charge in [0.1, 0.15) is 17.8 Å². The van der Waals surface area contributed by atoms with E-state index < -0.39 is 0 Å². The van der Waals surface area contributed by atoms with Gasteiger partial charge in [-0.15, -0.1) is 0 Å². The zero-order chi connectivity index (χ0) is 16.8. The number of rotatable bonds is 3. The minimum Gasteiger partial charge on any atom is -0.356 e. The second kappa shape index (κ2) is 5.81. The van der Waals surface area contributed by atoms with Crippen LogP contribution in [0.1, 0.15) is 11.4 Å². The summed E-state index contributed by atoms with van der Waals surface area (Å²) in [5.41, 5.74) is 3.23. The smallest absolute Gasteiger partial charge is 0.137 e. The van der Waals surface area contributed by atoms with Crippen LogP contribution in [0.4, 0.5) is 5.82 Å². The summed E-state index contributed by atoms with van der Waals surface area (Å²) in [6.45, 7) is 7.48. The molecule has 2 atom stereocenters. The molecule has 3 aromatic heterocycles. The highest BCUT2D eigenvalue weighted by atomic mass is 15.3.